The number of carbonyl (C=O) groups excluding carboxylic acids is 1. The molecule has 154 valence electrons. The van der Waals surface area contributed by atoms with Crippen LogP contribution in [0.2, 0.25) is 0 Å². The second kappa shape index (κ2) is 10.2. The Labute approximate surface area is 172 Å². The lowest BCUT2D eigenvalue weighted by Crippen LogP contribution is -2.35. The second-order valence-electron chi connectivity index (χ2n) is 7.61. The van der Waals surface area contributed by atoms with Gasteiger partial charge in [0.1, 0.15) is 5.82 Å². The number of halogens is 1. The van der Waals surface area contributed by atoms with Crippen molar-refractivity contribution in [3.8, 4) is 0 Å². The van der Waals surface area contributed by atoms with Gasteiger partial charge in [-0.2, -0.15) is 0 Å². The van der Waals surface area contributed by atoms with Crippen molar-refractivity contribution in [1.29, 1.82) is 0 Å². The fourth-order valence-electron chi connectivity index (χ4n) is 3.81. The molecule has 0 aliphatic carbocycles. The number of carbonyl (C=O) groups is 1. The van der Waals surface area contributed by atoms with Crippen LogP contribution in [0.1, 0.15) is 25.3 Å². The maximum Gasteiger partial charge on any atom is 0.218 e. The zero-order valence-electron chi connectivity index (χ0n) is 17.3. The minimum absolute atomic E-state index is 0.178. The molecular weight excluding hydrogens is 365 g/mol. The summed E-state index contributed by atoms with van der Waals surface area (Å²) < 4.78 is 13.6. The molecule has 2 heterocycles. The molecule has 0 bridgehead atoms. The standard InChI is InChI=1S/C18H25N3O.C6H5F/c1-3-20-8-6-15(7-9-20)11-19-16-4-5-17-14(2)12-21(13-22)18(17)10-16;7-6-4-2-1-3-5-6/h4-5,10,12-13,15,19H,3,6-9,11H2,1-2H3;1-5H. The van der Waals surface area contributed by atoms with Crippen molar-refractivity contribution < 1.29 is 9.18 Å². The Morgan fingerprint density at radius 3 is 2.45 bits per heavy atom. The van der Waals surface area contributed by atoms with Gasteiger partial charge < -0.3 is 10.2 Å². The second-order valence-corrected chi connectivity index (χ2v) is 7.61. The van der Waals surface area contributed by atoms with Gasteiger partial charge in [0.2, 0.25) is 6.41 Å². The molecule has 1 N–H and O–H groups in total. The minimum Gasteiger partial charge on any atom is -0.385 e. The highest BCUT2D eigenvalue weighted by molar-refractivity contribution is 5.90. The molecule has 1 saturated heterocycles. The molecular formula is C24H30FN3O. The van der Waals surface area contributed by atoms with Gasteiger partial charge in [-0.3, -0.25) is 9.36 Å². The van der Waals surface area contributed by atoms with Crippen LogP contribution in [0.25, 0.3) is 10.9 Å². The zero-order valence-corrected chi connectivity index (χ0v) is 17.3. The van der Waals surface area contributed by atoms with Crippen LogP contribution in [0.3, 0.4) is 0 Å². The minimum atomic E-state index is -0.178. The molecule has 1 aliphatic rings. The summed E-state index contributed by atoms with van der Waals surface area (Å²) in [5.41, 5.74) is 3.23. The number of fused-ring (bicyclic) bond motifs is 1. The van der Waals surface area contributed by atoms with Crippen molar-refractivity contribution in [2.75, 3.05) is 31.5 Å². The molecule has 0 unspecified atom stereocenters. The van der Waals surface area contributed by atoms with Crippen LogP contribution >= 0.6 is 0 Å². The summed E-state index contributed by atoms with van der Waals surface area (Å²) in [4.78, 5) is 13.7. The molecule has 0 spiro atoms. The Balaban J connectivity index is 0.000000290. The molecule has 0 amide bonds. The van der Waals surface area contributed by atoms with Crippen LogP contribution in [-0.4, -0.2) is 42.1 Å². The lowest BCUT2D eigenvalue weighted by Gasteiger charge is -2.31. The Morgan fingerprint density at radius 1 is 1.14 bits per heavy atom. The summed E-state index contributed by atoms with van der Waals surface area (Å²) in [6.07, 6.45) is 5.31. The lowest BCUT2D eigenvalue weighted by molar-refractivity contribution is 0.198. The number of benzene rings is 2. The Hall–Kier alpha value is -2.66. The van der Waals surface area contributed by atoms with E-state index in [1.54, 1.807) is 22.8 Å². The molecule has 0 atom stereocenters. The lowest BCUT2D eigenvalue weighted by atomic mass is 9.97. The van der Waals surface area contributed by atoms with Crippen molar-refractivity contribution in [1.82, 2.24) is 9.47 Å². The molecule has 29 heavy (non-hydrogen) atoms. The van der Waals surface area contributed by atoms with Crippen molar-refractivity contribution >= 4 is 23.0 Å². The van der Waals surface area contributed by atoms with Crippen LogP contribution in [0.4, 0.5) is 10.1 Å². The van der Waals surface area contributed by atoms with Gasteiger partial charge in [0.25, 0.3) is 0 Å². The van der Waals surface area contributed by atoms with Gasteiger partial charge in [0.05, 0.1) is 5.52 Å². The third-order valence-corrected chi connectivity index (χ3v) is 5.63. The SMILES string of the molecule is CCN1CCC(CNc2ccc3c(C)cn(C=O)c3c2)CC1.Fc1ccccc1. The molecule has 4 nitrogen and oxygen atoms in total. The van der Waals surface area contributed by atoms with E-state index in [0.717, 1.165) is 41.0 Å². The van der Waals surface area contributed by atoms with Crippen molar-refractivity contribution in [2.45, 2.75) is 26.7 Å². The highest BCUT2D eigenvalue weighted by atomic mass is 19.1. The summed E-state index contributed by atoms with van der Waals surface area (Å²) in [7, 11) is 0. The van der Waals surface area contributed by atoms with E-state index < -0.39 is 0 Å². The number of hydrogen-bond acceptors (Lipinski definition) is 3. The number of anilines is 1. The van der Waals surface area contributed by atoms with Crippen LogP contribution in [0, 0.1) is 18.7 Å². The molecule has 2 aromatic carbocycles. The van der Waals surface area contributed by atoms with Gasteiger partial charge in [0, 0.05) is 23.8 Å². The highest BCUT2D eigenvalue weighted by Gasteiger charge is 2.17. The Bertz CT molecular complexity index is 915. The molecule has 0 saturated carbocycles. The smallest absolute Gasteiger partial charge is 0.218 e. The average molecular weight is 396 g/mol. The maximum absolute atomic E-state index is 11.9. The van der Waals surface area contributed by atoms with Gasteiger partial charge in [-0.25, -0.2) is 4.39 Å². The van der Waals surface area contributed by atoms with Gasteiger partial charge in [-0.05, 0) is 75.1 Å². The molecule has 1 fully saturated rings. The predicted molar refractivity (Wildman–Crippen MR) is 119 cm³/mol. The van der Waals surface area contributed by atoms with Crippen molar-refractivity contribution in [3.05, 3.63) is 66.1 Å². The molecule has 5 heteroatoms. The number of aromatic nitrogens is 1. The first kappa shape index (κ1) is 21.1. The molecule has 0 radical (unpaired) electrons. The number of hydrogen-bond donors (Lipinski definition) is 1. The first-order chi connectivity index (χ1) is 14.1. The van der Waals surface area contributed by atoms with Gasteiger partial charge in [0.15, 0.2) is 0 Å². The fourth-order valence-corrected chi connectivity index (χ4v) is 3.81. The number of likely N-dealkylation sites (tertiary alicyclic amines) is 1. The van der Waals surface area contributed by atoms with E-state index in [0.29, 0.717) is 0 Å². The molecule has 1 aliphatic heterocycles. The molecule has 4 rings (SSSR count). The normalized spacial score (nSPS) is 15.0. The number of aryl methyl sites for hydroxylation is 1. The number of piperidine rings is 1. The first-order valence-corrected chi connectivity index (χ1v) is 10.3. The summed E-state index contributed by atoms with van der Waals surface area (Å²) in [6.45, 7) is 8.89. The number of nitrogens with one attached hydrogen (secondary N) is 1. The van der Waals surface area contributed by atoms with Gasteiger partial charge in [-0.15, -0.1) is 0 Å². The topological polar surface area (TPSA) is 37.3 Å². The number of nitrogens with zero attached hydrogens (tertiary/aromatic N) is 2. The van der Waals surface area contributed by atoms with E-state index in [-0.39, 0.29) is 5.82 Å². The quantitative estimate of drug-likeness (QED) is 0.621. The van der Waals surface area contributed by atoms with Gasteiger partial charge >= 0.3 is 0 Å². The van der Waals surface area contributed by atoms with Crippen molar-refractivity contribution in [2.24, 2.45) is 5.92 Å². The Morgan fingerprint density at radius 2 is 1.86 bits per heavy atom. The van der Waals surface area contributed by atoms with Crippen LogP contribution in [0.15, 0.2) is 54.7 Å². The number of rotatable bonds is 5. The third-order valence-electron chi connectivity index (χ3n) is 5.63. The third kappa shape index (κ3) is 5.67. The zero-order chi connectivity index (χ0) is 20.6. The summed E-state index contributed by atoms with van der Waals surface area (Å²) in [5, 5.41) is 4.70. The van der Waals surface area contributed by atoms with Crippen LogP contribution in [0.5, 0.6) is 0 Å². The fraction of sp³-hybridized carbons (Fsp3) is 0.375. The van der Waals surface area contributed by atoms with Crippen molar-refractivity contribution in [3.63, 3.8) is 0 Å². The van der Waals surface area contributed by atoms with E-state index in [2.05, 4.69) is 35.3 Å². The van der Waals surface area contributed by atoms with Crippen LogP contribution < -0.4 is 5.32 Å². The molecule has 3 aromatic rings. The molecule has 1 aromatic heterocycles. The maximum atomic E-state index is 11.9. The summed E-state index contributed by atoms with van der Waals surface area (Å²) >= 11 is 0. The summed E-state index contributed by atoms with van der Waals surface area (Å²) in [5.74, 6) is 0.570. The monoisotopic (exact) mass is 395 g/mol. The van der Waals surface area contributed by atoms with E-state index in [9.17, 15) is 9.18 Å². The highest BCUT2D eigenvalue weighted by Crippen LogP contribution is 2.24. The van der Waals surface area contributed by atoms with Gasteiger partial charge in [-0.1, -0.05) is 31.2 Å². The van der Waals surface area contributed by atoms with E-state index >= 15 is 0 Å². The average Bonchev–Trinajstić information content (AvgIpc) is 3.09. The predicted octanol–water partition coefficient (Wildman–Crippen LogP) is 4.96. The summed E-state index contributed by atoms with van der Waals surface area (Å²) in [6, 6.07) is 14.2. The first-order valence-electron chi connectivity index (χ1n) is 10.3. The largest absolute Gasteiger partial charge is 0.385 e. The van der Waals surface area contributed by atoms with E-state index in [1.165, 1.54) is 44.6 Å². The Kier molecular flexibility index (Phi) is 7.42. The van der Waals surface area contributed by atoms with E-state index in [1.807, 2.05) is 13.1 Å². The van der Waals surface area contributed by atoms with Crippen LogP contribution in [-0.2, 0) is 4.79 Å². The van der Waals surface area contributed by atoms with E-state index in [4.69, 9.17) is 0 Å².